The van der Waals surface area contributed by atoms with E-state index < -0.39 is 0 Å². The van der Waals surface area contributed by atoms with Crippen LogP contribution in [-0.4, -0.2) is 196 Å². The second kappa shape index (κ2) is 19.1. The molecule has 0 saturated heterocycles. The molecule has 0 N–H and O–H groups in total. The molecule has 9 aromatic carbocycles. The molecule has 40 radical (unpaired) electrons. The van der Waals surface area contributed by atoms with Crippen LogP contribution in [0.4, 0.5) is 0 Å². The summed E-state index contributed by atoms with van der Waals surface area (Å²) in [6, 6.07) is 23.7. The van der Waals surface area contributed by atoms with Gasteiger partial charge in [-0.25, -0.2) is 9.97 Å². The quantitative estimate of drug-likeness (QED) is 0.122. The van der Waals surface area contributed by atoms with Gasteiger partial charge in [0.15, 0.2) is 23.3 Å². The van der Waals surface area contributed by atoms with E-state index in [1.165, 1.54) is 0 Å². The van der Waals surface area contributed by atoms with Gasteiger partial charge in [-0.3, -0.25) is 9.13 Å². The summed E-state index contributed by atoms with van der Waals surface area (Å²) in [5.41, 5.74) is 2.24. The first kappa shape index (κ1) is 54.0. The molecule has 0 aliphatic heterocycles. The Hall–Kier alpha value is -7.32. The Labute approximate surface area is 497 Å². The van der Waals surface area contributed by atoms with Crippen LogP contribution in [0, 0.1) is 0 Å². The molecule has 0 bridgehead atoms. The Morgan fingerprint density at radius 3 is 0.829 bits per heavy atom. The zero-order chi connectivity index (χ0) is 58.1. The molecular weight excluding hydrogens is 977 g/mol. The van der Waals surface area contributed by atoms with Crippen molar-refractivity contribution < 1.29 is 0 Å². The van der Waals surface area contributed by atoms with Crippen LogP contribution in [0.25, 0.3) is 123 Å². The first-order valence-electron chi connectivity index (χ1n) is 24.8. The van der Waals surface area contributed by atoms with Crippen LogP contribution in [-0.2, 0) is 0 Å². The van der Waals surface area contributed by atoms with Crippen molar-refractivity contribution in [2.24, 2.45) is 0 Å². The largest absolute Gasteiger partial charge is 0.278 e. The second-order valence-corrected chi connectivity index (χ2v) is 19.8. The van der Waals surface area contributed by atoms with Gasteiger partial charge in [0.2, 0.25) is 11.9 Å². The molecule has 0 amide bonds. The number of aromatic nitrogens is 8. The fraction of sp³-hybridized carbons (Fsp3) is 0. The zero-order valence-corrected chi connectivity index (χ0v) is 43.1. The standard InChI is InChI=1S/C54H12B20N8/c55-29-25(30(56)38(64)45(71)37(29)63)49-75-50(26-31(57)39(65)46(72)40(66)32(26)58)78-53(77-49)81-19-8-2-1-5-13(19)18-11-16-14-6-3-9-20-23(14)24-15(17(16)12-22(18)81)7-4-10-21(24)82(20)54-79-51(27-33(59)41(67)47(73)42(68)34(27)60)76-52(80-54)28-35(61)43(69)48(74)44(70)36(28)62/h1-12H. The summed E-state index contributed by atoms with van der Waals surface area (Å²) in [6.45, 7) is 0. The Kier molecular flexibility index (Phi) is 12.6. The first-order chi connectivity index (χ1) is 39.0. The van der Waals surface area contributed by atoms with Crippen LogP contribution < -0.4 is 109 Å². The molecule has 0 aliphatic rings. The molecule has 328 valence electrons. The number of hydrogen-bond acceptors (Lipinski definition) is 6. The summed E-state index contributed by atoms with van der Waals surface area (Å²) in [5, 5.41) is 6.77. The van der Waals surface area contributed by atoms with Gasteiger partial charge >= 0.3 is 0 Å². The average molecular weight is 989 g/mol. The molecule has 0 saturated carbocycles. The zero-order valence-electron chi connectivity index (χ0n) is 43.1. The third-order valence-corrected chi connectivity index (χ3v) is 15.5. The van der Waals surface area contributed by atoms with Crippen molar-refractivity contribution in [2.75, 3.05) is 0 Å². The molecule has 0 fully saturated rings. The second-order valence-electron chi connectivity index (χ2n) is 19.8. The molecule has 82 heavy (non-hydrogen) atoms. The number of nitrogens with zero attached hydrogens (tertiary/aromatic N) is 8. The lowest BCUT2D eigenvalue weighted by Gasteiger charge is -2.23. The topological polar surface area (TPSA) is 87.2 Å². The third-order valence-electron chi connectivity index (χ3n) is 15.5. The van der Waals surface area contributed by atoms with E-state index in [4.69, 9.17) is 187 Å². The summed E-state index contributed by atoms with van der Waals surface area (Å²) in [6.07, 6.45) is 0. The van der Waals surface area contributed by atoms with Crippen LogP contribution in [0.15, 0.2) is 72.8 Å². The highest BCUT2D eigenvalue weighted by atomic mass is 15.2. The molecular formula is C54H12B20N8. The average Bonchev–Trinajstić information content (AvgIpc) is 2.01. The van der Waals surface area contributed by atoms with Crippen molar-refractivity contribution in [1.82, 2.24) is 39.0 Å². The molecule has 4 aromatic heterocycles. The normalized spacial score (nSPS) is 11.9. The minimum atomic E-state index is -0.0699. The molecule has 28 heteroatoms. The van der Waals surface area contributed by atoms with Gasteiger partial charge in [0, 0.05) is 43.8 Å². The fourth-order valence-corrected chi connectivity index (χ4v) is 11.2. The summed E-state index contributed by atoms with van der Waals surface area (Å²) in [5.74, 6) is -0.138. The SMILES string of the molecule is [B]c1c([B])c([B])c(-c2nc(-c3c([B])c([B])c([B])c([B])c3[B])nc(-n3c4ccccc4c4cc5c(cc43)c3cccc4c3c3c5cccc3n4-c3nc(-c4c([B])c([B])c([B])c([B])c4[B])nc(-c4c([B])c([B])c([B])c([B])c4[B])n3)n2)c([B])c1[B]. The van der Waals surface area contributed by atoms with Gasteiger partial charge in [-0.05, 0) is 51.9 Å². The number of para-hydroxylation sites is 1. The maximum Gasteiger partial charge on any atom is 0.238 e. The van der Waals surface area contributed by atoms with Gasteiger partial charge in [-0.1, -0.05) is 86.2 Å². The van der Waals surface area contributed by atoms with Crippen molar-refractivity contribution in [3.63, 3.8) is 0 Å². The van der Waals surface area contributed by atoms with Gasteiger partial charge in [-0.15, -0.1) is 65.6 Å². The maximum absolute atomic E-state index is 6.68. The van der Waals surface area contributed by atoms with E-state index in [0.29, 0.717) is 22.1 Å². The number of fused-ring (bicyclic) bond motifs is 6. The van der Waals surface area contributed by atoms with E-state index in [9.17, 15) is 0 Å². The monoisotopic (exact) mass is 992 g/mol. The Balaban J connectivity index is 1.13. The molecule has 4 heterocycles. The molecule has 0 aliphatic carbocycles. The highest BCUT2D eigenvalue weighted by Gasteiger charge is 2.28. The van der Waals surface area contributed by atoms with E-state index in [2.05, 4.69) is 12.1 Å². The van der Waals surface area contributed by atoms with Crippen LogP contribution in [0.1, 0.15) is 0 Å². The number of rotatable bonds is 6. The van der Waals surface area contributed by atoms with Gasteiger partial charge in [0.25, 0.3) is 0 Å². The number of hydrogen-bond donors (Lipinski definition) is 0. The highest BCUT2D eigenvalue weighted by Crippen LogP contribution is 2.46. The van der Waals surface area contributed by atoms with Crippen molar-refractivity contribution >= 4 is 331 Å². The van der Waals surface area contributed by atoms with Crippen molar-refractivity contribution in [3.05, 3.63) is 72.8 Å². The highest BCUT2D eigenvalue weighted by molar-refractivity contribution is 6.72. The minimum absolute atomic E-state index is 0.0175. The lowest BCUT2D eigenvalue weighted by molar-refractivity contribution is 0.956. The maximum atomic E-state index is 6.68. The summed E-state index contributed by atoms with van der Waals surface area (Å²) < 4.78 is 3.74. The Bertz CT molecular complexity index is 4790. The molecule has 0 atom stereocenters. The molecule has 0 unspecified atom stereocenters. The van der Waals surface area contributed by atoms with Crippen molar-refractivity contribution in [3.8, 4) is 57.4 Å². The summed E-state index contributed by atoms with van der Waals surface area (Å²) >= 11 is 0. The predicted molar refractivity (Wildman–Crippen MR) is 358 cm³/mol. The molecule has 13 rings (SSSR count). The third kappa shape index (κ3) is 7.46. The molecule has 13 aromatic rings. The van der Waals surface area contributed by atoms with E-state index in [1.807, 2.05) is 69.8 Å². The molecule has 8 nitrogen and oxygen atoms in total. The van der Waals surface area contributed by atoms with E-state index in [1.54, 1.807) is 0 Å². The van der Waals surface area contributed by atoms with Crippen LogP contribution in [0.3, 0.4) is 0 Å². The lowest BCUT2D eigenvalue weighted by atomic mass is 9.60. The van der Waals surface area contributed by atoms with Crippen molar-refractivity contribution in [2.45, 2.75) is 0 Å². The Morgan fingerprint density at radius 2 is 0.488 bits per heavy atom. The smallest absolute Gasteiger partial charge is 0.238 e. The van der Waals surface area contributed by atoms with Gasteiger partial charge in [0.05, 0.1) is 22.1 Å². The fourth-order valence-electron chi connectivity index (χ4n) is 11.2. The van der Waals surface area contributed by atoms with Crippen LogP contribution >= 0.6 is 0 Å². The van der Waals surface area contributed by atoms with E-state index >= 15 is 0 Å². The van der Waals surface area contributed by atoms with Crippen molar-refractivity contribution in [1.29, 1.82) is 0 Å². The van der Waals surface area contributed by atoms with E-state index in [0.717, 1.165) is 43.1 Å². The van der Waals surface area contributed by atoms with Crippen LogP contribution in [0.2, 0.25) is 0 Å². The Morgan fingerprint density at radius 1 is 0.220 bits per heavy atom. The van der Waals surface area contributed by atoms with Gasteiger partial charge in [0.1, 0.15) is 157 Å². The van der Waals surface area contributed by atoms with Gasteiger partial charge in [-0.2, -0.15) is 19.9 Å². The first-order valence-corrected chi connectivity index (χ1v) is 24.8. The van der Waals surface area contributed by atoms with Gasteiger partial charge < -0.3 is 0 Å². The minimum Gasteiger partial charge on any atom is -0.278 e. The number of benzene rings is 9. The van der Waals surface area contributed by atoms with E-state index in [-0.39, 0.29) is 167 Å². The van der Waals surface area contributed by atoms with Crippen LogP contribution in [0.5, 0.6) is 0 Å². The summed E-state index contributed by atoms with van der Waals surface area (Å²) in [4.78, 5) is 29.9. The summed E-state index contributed by atoms with van der Waals surface area (Å²) in [7, 11) is 130. The molecule has 0 spiro atoms. The predicted octanol–water partition coefficient (Wildman–Crippen LogP) is -11.5. The lowest BCUT2D eigenvalue weighted by Crippen LogP contribution is -2.55.